The lowest BCUT2D eigenvalue weighted by molar-refractivity contribution is 0.702. The number of hydrogen-bond acceptors (Lipinski definition) is 4. The fourth-order valence-corrected chi connectivity index (χ4v) is 2.97. The summed E-state index contributed by atoms with van der Waals surface area (Å²) in [5.41, 5.74) is -0.0296. The van der Waals surface area contributed by atoms with E-state index in [-0.39, 0.29) is 23.5 Å². The molecule has 0 aliphatic heterocycles. The Kier molecular flexibility index (Phi) is 3.95. The van der Waals surface area contributed by atoms with Crippen LogP contribution in [0, 0.1) is 11.3 Å². The molecule has 1 aromatic carbocycles. The van der Waals surface area contributed by atoms with Crippen LogP contribution in [0.15, 0.2) is 27.8 Å². The Labute approximate surface area is 145 Å². The first-order chi connectivity index (χ1) is 11.3. The smallest absolute Gasteiger partial charge is 0.305 e. The molecule has 122 valence electrons. The molecule has 0 atom stereocenters. The van der Waals surface area contributed by atoms with Crippen LogP contribution in [-0.4, -0.2) is 18.7 Å². The third-order valence-corrected chi connectivity index (χ3v) is 4.38. The molecule has 0 aliphatic rings. The molecule has 0 radical (unpaired) electrons. The van der Waals surface area contributed by atoms with Crippen LogP contribution in [0.25, 0.3) is 11.2 Å². The number of rotatable bonds is 2. The number of nitrogens with zero attached hydrogens (tertiary/aromatic N) is 5. The zero-order valence-electron chi connectivity index (χ0n) is 12.7. The van der Waals surface area contributed by atoms with Gasteiger partial charge in [-0.1, -0.05) is 29.3 Å². The van der Waals surface area contributed by atoms with Gasteiger partial charge in [0.05, 0.1) is 6.54 Å². The van der Waals surface area contributed by atoms with Crippen molar-refractivity contribution in [3.05, 3.63) is 60.5 Å². The summed E-state index contributed by atoms with van der Waals surface area (Å²) in [5, 5.41) is 10.2. The summed E-state index contributed by atoms with van der Waals surface area (Å²) in [5.74, 6) is 0.0225. The van der Waals surface area contributed by atoms with Gasteiger partial charge >= 0.3 is 5.69 Å². The molecule has 0 bridgehead atoms. The normalized spacial score (nSPS) is 11.0. The predicted octanol–water partition coefficient (Wildman–Crippen LogP) is 1.66. The van der Waals surface area contributed by atoms with Crippen LogP contribution in [0.3, 0.4) is 0 Å². The lowest BCUT2D eigenvalue weighted by atomic mass is 10.2. The molecule has 2 heterocycles. The predicted molar refractivity (Wildman–Crippen MR) is 90.5 cm³/mol. The minimum atomic E-state index is -0.521. The molecule has 0 aliphatic carbocycles. The van der Waals surface area contributed by atoms with Crippen LogP contribution >= 0.6 is 23.2 Å². The number of aryl methyl sites for hydroxylation is 1. The van der Waals surface area contributed by atoms with Gasteiger partial charge in [0, 0.05) is 24.1 Å². The van der Waals surface area contributed by atoms with E-state index < -0.39 is 11.2 Å². The number of benzene rings is 1. The molecular formula is C15H11Cl2N5O2. The lowest BCUT2D eigenvalue weighted by Crippen LogP contribution is -2.37. The second-order valence-electron chi connectivity index (χ2n) is 5.25. The van der Waals surface area contributed by atoms with E-state index in [0.29, 0.717) is 15.6 Å². The van der Waals surface area contributed by atoms with E-state index in [1.165, 1.54) is 23.2 Å². The zero-order valence-corrected chi connectivity index (χ0v) is 14.3. The maximum absolute atomic E-state index is 12.5. The monoisotopic (exact) mass is 363 g/mol. The van der Waals surface area contributed by atoms with E-state index in [1.807, 2.05) is 6.07 Å². The first-order valence-electron chi connectivity index (χ1n) is 6.85. The largest absolute Gasteiger partial charge is 0.332 e. The van der Waals surface area contributed by atoms with Crippen LogP contribution < -0.4 is 11.2 Å². The van der Waals surface area contributed by atoms with Crippen LogP contribution in [0.4, 0.5) is 0 Å². The van der Waals surface area contributed by atoms with Crippen LogP contribution in [0.5, 0.6) is 0 Å². The van der Waals surface area contributed by atoms with Crippen molar-refractivity contribution in [3.63, 3.8) is 0 Å². The Hall–Kier alpha value is -2.56. The topological polar surface area (TPSA) is 85.6 Å². The number of hydrogen-bond donors (Lipinski definition) is 0. The molecular weight excluding hydrogens is 353 g/mol. The van der Waals surface area contributed by atoms with Crippen LogP contribution in [0.1, 0.15) is 11.4 Å². The van der Waals surface area contributed by atoms with Crippen LogP contribution in [-0.2, 0) is 20.6 Å². The molecule has 24 heavy (non-hydrogen) atoms. The van der Waals surface area contributed by atoms with E-state index in [0.717, 1.165) is 4.57 Å². The molecule has 0 saturated carbocycles. The fraction of sp³-hybridized carbons (Fsp3) is 0.200. The van der Waals surface area contributed by atoms with Gasteiger partial charge < -0.3 is 4.57 Å². The van der Waals surface area contributed by atoms with E-state index in [2.05, 4.69) is 4.98 Å². The maximum atomic E-state index is 12.5. The summed E-state index contributed by atoms with van der Waals surface area (Å²) < 4.78 is 3.66. The highest BCUT2D eigenvalue weighted by Crippen LogP contribution is 2.23. The van der Waals surface area contributed by atoms with Gasteiger partial charge in [-0.15, -0.1) is 0 Å². The van der Waals surface area contributed by atoms with Crippen molar-refractivity contribution in [2.45, 2.75) is 6.54 Å². The SMILES string of the molecule is Cn1c(=O)c2c(nc(C#N)n2Cc2ccc(Cl)cc2Cl)n(C)c1=O. The summed E-state index contributed by atoms with van der Waals surface area (Å²) >= 11 is 12.1. The first-order valence-corrected chi connectivity index (χ1v) is 7.61. The molecule has 0 saturated heterocycles. The third kappa shape index (κ3) is 2.40. The second kappa shape index (κ2) is 5.82. The minimum absolute atomic E-state index is 0.0225. The number of aromatic nitrogens is 4. The maximum Gasteiger partial charge on any atom is 0.332 e. The summed E-state index contributed by atoms with van der Waals surface area (Å²) in [6.07, 6.45) is 0. The van der Waals surface area contributed by atoms with Gasteiger partial charge in [0.25, 0.3) is 5.56 Å². The van der Waals surface area contributed by atoms with Gasteiger partial charge in [-0.05, 0) is 17.7 Å². The van der Waals surface area contributed by atoms with Crippen molar-refractivity contribution >= 4 is 34.4 Å². The highest BCUT2D eigenvalue weighted by molar-refractivity contribution is 6.35. The molecule has 0 N–H and O–H groups in total. The Bertz CT molecular complexity index is 1130. The Morgan fingerprint density at radius 3 is 2.54 bits per heavy atom. The molecule has 2 aromatic heterocycles. The first kappa shape index (κ1) is 16.3. The van der Waals surface area contributed by atoms with Gasteiger partial charge in [0.15, 0.2) is 11.2 Å². The highest BCUT2D eigenvalue weighted by Gasteiger charge is 2.19. The zero-order chi connectivity index (χ0) is 17.6. The summed E-state index contributed by atoms with van der Waals surface area (Å²) in [7, 11) is 2.88. The molecule has 3 rings (SSSR count). The minimum Gasteiger partial charge on any atom is -0.305 e. The van der Waals surface area contributed by atoms with Gasteiger partial charge in [-0.25, -0.2) is 9.78 Å². The quantitative estimate of drug-likeness (QED) is 0.692. The Morgan fingerprint density at radius 2 is 1.92 bits per heavy atom. The van der Waals surface area contributed by atoms with Crippen molar-refractivity contribution in [3.8, 4) is 6.07 Å². The fourth-order valence-electron chi connectivity index (χ4n) is 2.51. The summed E-state index contributed by atoms with van der Waals surface area (Å²) in [6, 6.07) is 6.91. The molecule has 0 amide bonds. The molecule has 9 heteroatoms. The van der Waals surface area contributed by atoms with Gasteiger partial charge in [-0.3, -0.25) is 13.9 Å². The van der Waals surface area contributed by atoms with Crippen molar-refractivity contribution in [1.29, 1.82) is 5.26 Å². The highest BCUT2D eigenvalue weighted by atomic mass is 35.5. The molecule has 0 spiro atoms. The molecule has 7 nitrogen and oxygen atoms in total. The molecule has 0 fully saturated rings. The van der Waals surface area contributed by atoms with E-state index in [4.69, 9.17) is 23.2 Å². The van der Waals surface area contributed by atoms with Crippen molar-refractivity contribution in [2.75, 3.05) is 0 Å². The molecule has 0 unspecified atom stereocenters. The van der Waals surface area contributed by atoms with Crippen molar-refractivity contribution in [1.82, 2.24) is 18.7 Å². The summed E-state index contributed by atoms with van der Waals surface area (Å²) in [6.45, 7) is 0.156. The second-order valence-corrected chi connectivity index (χ2v) is 6.09. The average Bonchev–Trinajstić information content (AvgIpc) is 2.92. The molecule has 3 aromatic rings. The third-order valence-electron chi connectivity index (χ3n) is 3.79. The Balaban J connectivity index is 2.34. The average molecular weight is 364 g/mol. The number of halogens is 2. The van der Waals surface area contributed by atoms with Gasteiger partial charge in [0.2, 0.25) is 5.82 Å². The van der Waals surface area contributed by atoms with Gasteiger partial charge in [-0.2, -0.15) is 5.26 Å². The van der Waals surface area contributed by atoms with E-state index in [1.54, 1.807) is 18.2 Å². The Morgan fingerprint density at radius 1 is 1.21 bits per heavy atom. The van der Waals surface area contributed by atoms with E-state index in [9.17, 15) is 14.9 Å². The van der Waals surface area contributed by atoms with Crippen LogP contribution in [0.2, 0.25) is 10.0 Å². The number of imidazole rings is 1. The standard InChI is InChI=1S/C15H11Cl2N5O2/c1-20-13-12(14(23)21(2)15(20)24)22(11(6-18)19-13)7-8-3-4-9(16)5-10(8)17/h3-5H,7H2,1-2H3. The van der Waals surface area contributed by atoms with Crippen molar-refractivity contribution in [2.24, 2.45) is 14.1 Å². The van der Waals surface area contributed by atoms with Gasteiger partial charge in [0.1, 0.15) is 6.07 Å². The lowest BCUT2D eigenvalue weighted by Gasteiger charge is -2.09. The van der Waals surface area contributed by atoms with E-state index >= 15 is 0 Å². The number of nitriles is 1. The number of fused-ring (bicyclic) bond motifs is 1. The van der Waals surface area contributed by atoms with Crippen molar-refractivity contribution < 1.29 is 0 Å². The summed E-state index contributed by atoms with van der Waals surface area (Å²) in [4.78, 5) is 28.6.